The van der Waals surface area contributed by atoms with Gasteiger partial charge in [-0.2, -0.15) is 5.26 Å². The first kappa shape index (κ1) is 20.4. The molecule has 1 heterocycles. The van der Waals surface area contributed by atoms with Gasteiger partial charge in [0.25, 0.3) is 0 Å². The lowest BCUT2D eigenvalue weighted by Gasteiger charge is -2.31. The van der Waals surface area contributed by atoms with Gasteiger partial charge in [0.2, 0.25) is 11.8 Å². The van der Waals surface area contributed by atoms with Gasteiger partial charge in [0, 0.05) is 25.9 Å². The summed E-state index contributed by atoms with van der Waals surface area (Å²) in [5, 5.41) is 11.3. The SMILES string of the molecule is COC(=O)CNC(=O)CC1CCN(C(=O)CCc2ccc(C#N)cc2)CC1. The number of piperidine rings is 1. The fourth-order valence-electron chi connectivity index (χ4n) is 3.12. The monoisotopic (exact) mass is 371 g/mol. The van der Waals surface area contributed by atoms with Crippen LogP contribution in [0, 0.1) is 17.2 Å². The molecule has 1 aliphatic rings. The summed E-state index contributed by atoms with van der Waals surface area (Å²) >= 11 is 0. The summed E-state index contributed by atoms with van der Waals surface area (Å²) in [4.78, 5) is 37.1. The first-order valence-electron chi connectivity index (χ1n) is 9.12. The van der Waals surface area contributed by atoms with Crippen LogP contribution in [-0.4, -0.2) is 49.4 Å². The molecule has 1 aromatic rings. The highest BCUT2D eigenvalue weighted by atomic mass is 16.5. The van der Waals surface area contributed by atoms with E-state index in [4.69, 9.17) is 5.26 Å². The van der Waals surface area contributed by atoms with E-state index in [2.05, 4.69) is 16.1 Å². The second kappa shape index (κ2) is 10.3. The van der Waals surface area contributed by atoms with Crippen molar-refractivity contribution in [2.24, 2.45) is 5.92 Å². The van der Waals surface area contributed by atoms with Gasteiger partial charge in [-0.05, 0) is 42.9 Å². The summed E-state index contributed by atoms with van der Waals surface area (Å²) in [6, 6.07) is 9.36. The number of likely N-dealkylation sites (tertiary alicyclic amines) is 1. The van der Waals surface area contributed by atoms with E-state index < -0.39 is 5.97 Å². The number of carbonyl (C=O) groups excluding carboxylic acids is 3. The van der Waals surface area contributed by atoms with E-state index in [1.54, 1.807) is 12.1 Å². The fraction of sp³-hybridized carbons (Fsp3) is 0.500. The van der Waals surface area contributed by atoms with Crippen molar-refractivity contribution in [1.82, 2.24) is 10.2 Å². The number of hydrogen-bond donors (Lipinski definition) is 1. The maximum Gasteiger partial charge on any atom is 0.325 e. The minimum atomic E-state index is -0.467. The minimum absolute atomic E-state index is 0.109. The molecule has 0 unspecified atom stereocenters. The molecule has 0 atom stereocenters. The number of nitrogens with zero attached hydrogens (tertiary/aromatic N) is 2. The molecule has 144 valence electrons. The normalized spacial score (nSPS) is 14.3. The summed E-state index contributed by atoms with van der Waals surface area (Å²) in [7, 11) is 1.28. The molecule has 27 heavy (non-hydrogen) atoms. The van der Waals surface area contributed by atoms with Crippen molar-refractivity contribution in [3.05, 3.63) is 35.4 Å². The number of methoxy groups -OCH3 is 1. The topological polar surface area (TPSA) is 99.5 Å². The summed E-state index contributed by atoms with van der Waals surface area (Å²) in [6.45, 7) is 1.20. The van der Waals surface area contributed by atoms with Crippen LogP contribution in [0.4, 0.5) is 0 Å². The van der Waals surface area contributed by atoms with Crippen LogP contribution in [0.25, 0.3) is 0 Å². The average Bonchev–Trinajstić information content (AvgIpc) is 2.71. The molecule has 0 radical (unpaired) electrons. The summed E-state index contributed by atoms with van der Waals surface area (Å²) in [5.74, 6) is -0.282. The molecule has 1 saturated heterocycles. The van der Waals surface area contributed by atoms with Crippen LogP contribution in [-0.2, 0) is 25.5 Å². The Bertz CT molecular complexity index is 701. The summed E-state index contributed by atoms with van der Waals surface area (Å²) < 4.78 is 4.49. The second-order valence-electron chi connectivity index (χ2n) is 6.69. The van der Waals surface area contributed by atoms with E-state index in [1.165, 1.54) is 7.11 Å². The van der Waals surface area contributed by atoms with E-state index in [-0.39, 0.29) is 24.3 Å². The smallest absolute Gasteiger partial charge is 0.325 e. The van der Waals surface area contributed by atoms with Gasteiger partial charge in [0.05, 0.1) is 18.7 Å². The quantitative estimate of drug-likeness (QED) is 0.731. The lowest BCUT2D eigenvalue weighted by molar-refractivity contribution is -0.141. The number of aryl methyl sites for hydroxylation is 1. The highest BCUT2D eigenvalue weighted by molar-refractivity contribution is 5.82. The van der Waals surface area contributed by atoms with E-state index in [0.29, 0.717) is 37.9 Å². The van der Waals surface area contributed by atoms with Crippen molar-refractivity contribution in [3.63, 3.8) is 0 Å². The van der Waals surface area contributed by atoms with Crippen LogP contribution >= 0.6 is 0 Å². The first-order chi connectivity index (χ1) is 13.0. The predicted molar refractivity (Wildman–Crippen MR) is 98.4 cm³/mol. The third-order valence-electron chi connectivity index (χ3n) is 4.81. The van der Waals surface area contributed by atoms with Gasteiger partial charge in [-0.25, -0.2) is 0 Å². The van der Waals surface area contributed by atoms with Gasteiger partial charge in [-0.1, -0.05) is 12.1 Å². The molecule has 0 saturated carbocycles. The van der Waals surface area contributed by atoms with Crippen molar-refractivity contribution in [2.45, 2.75) is 32.1 Å². The summed E-state index contributed by atoms with van der Waals surface area (Å²) in [6.07, 6.45) is 3.03. The number of amides is 2. The van der Waals surface area contributed by atoms with Crippen molar-refractivity contribution >= 4 is 17.8 Å². The highest BCUT2D eigenvalue weighted by Gasteiger charge is 2.24. The maximum absolute atomic E-state index is 12.4. The van der Waals surface area contributed by atoms with Crippen molar-refractivity contribution < 1.29 is 19.1 Å². The zero-order valence-electron chi connectivity index (χ0n) is 15.6. The fourth-order valence-corrected chi connectivity index (χ4v) is 3.12. The van der Waals surface area contributed by atoms with E-state index in [9.17, 15) is 14.4 Å². The number of nitriles is 1. The number of benzene rings is 1. The van der Waals surface area contributed by atoms with Crippen molar-refractivity contribution in [2.75, 3.05) is 26.7 Å². The molecular formula is C20H25N3O4. The number of carbonyl (C=O) groups is 3. The number of hydrogen-bond acceptors (Lipinski definition) is 5. The molecule has 1 aromatic carbocycles. The lowest BCUT2D eigenvalue weighted by atomic mass is 9.93. The number of rotatable bonds is 7. The lowest BCUT2D eigenvalue weighted by Crippen LogP contribution is -2.40. The van der Waals surface area contributed by atoms with Crippen LogP contribution < -0.4 is 5.32 Å². The molecule has 0 aliphatic carbocycles. The van der Waals surface area contributed by atoms with Crippen LogP contribution in [0.5, 0.6) is 0 Å². The zero-order valence-corrected chi connectivity index (χ0v) is 15.6. The maximum atomic E-state index is 12.4. The number of nitrogens with one attached hydrogen (secondary N) is 1. The van der Waals surface area contributed by atoms with Gasteiger partial charge >= 0.3 is 5.97 Å². The second-order valence-corrected chi connectivity index (χ2v) is 6.69. The van der Waals surface area contributed by atoms with Gasteiger partial charge in [-0.15, -0.1) is 0 Å². The minimum Gasteiger partial charge on any atom is -0.468 e. The van der Waals surface area contributed by atoms with Crippen LogP contribution in [0.1, 0.15) is 36.8 Å². The molecule has 2 rings (SSSR count). The molecule has 0 spiro atoms. The van der Waals surface area contributed by atoms with Gasteiger partial charge in [0.15, 0.2) is 0 Å². The molecule has 7 heteroatoms. The third kappa shape index (κ3) is 6.74. The van der Waals surface area contributed by atoms with Gasteiger partial charge in [-0.3, -0.25) is 14.4 Å². The zero-order chi connectivity index (χ0) is 19.6. The Morgan fingerprint density at radius 2 is 1.89 bits per heavy atom. The molecule has 1 aliphatic heterocycles. The Balaban J connectivity index is 1.68. The Morgan fingerprint density at radius 1 is 1.22 bits per heavy atom. The Morgan fingerprint density at radius 3 is 2.48 bits per heavy atom. The van der Waals surface area contributed by atoms with E-state index in [0.717, 1.165) is 18.4 Å². The predicted octanol–water partition coefficient (Wildman–Crippen LogP) is 1.41. The number of esters is 1. The van der Waals surface area contributed by atoms with E-state index >= 15 is 0 Å². The molecular weight excluding hydrogens is 346 g/mol. The Hall–Kier alpha value is -2.88. The molecule has 0 bridgehead atoms. The molecule has 1 fully saturated rings. The molecule has 7 nitrogen and oxygen atoms in total. The Kier molecular flexibility index (Phi) is 7.80. The third-order valence-corrected chi connectivity index (χ3v) is 4.81. The molecule has 2 amide bonds. The van der Waals surface area contributed by atoms with Crippen molar-refractivity contribution in [3.8, 4) is 6.07 Å². The molecule has 1 N–H and O–H groups in total. The van der Waals surface area contributed by atoms with Crippen LogP contribution in [0.15, 0.2) is 24.3 Å². The average molecular weight is 371 g/mol. The Labute approximate surface area is 159 Å². The van der Waals surface area contributed by atoms with Gasteiger partial charge in [0.1, 0.15) is 6.54 Å². The van der Waals surface area contributed by atoms with Crippen LogP contribution in [0.3, 0.4) is 0 Å². The molecule has 0 aromatic heterocycles. The van der Waals surface area contributed by atoms with Crippen molar-refractivity contribution in [1.29, 1.82) is 5.26 Å². The largest absolute Gasteiger partial charge is 0.468 e. The summed E-state index contributed by atoms with van der Waals surface area (Å²) in [5.41, 5.74) is 1.65. The standard InChI is InChI=1S/C20H25N3O4/c1-27-20(26)14-22-18(24)12-16-8-10-23(11-9-16)19(25)7-6-15-2-4-17(13-21)5-3-15/h2-5,16H,6-12,14H2,1H3,(H,22,24). The highest BCUT2D eigenvalue weighted by Crippen LogP contribution is 2.21. The van der Waals surface area contributed by atoms with E-state index in [1.807, 2.05) is 17.0 Å². The number of ether oxygens (including phenoxy) is 1. The van der Waals surface area contributed by atoms with Crippen LogP contribution in [0.2, 0.25) is 0 Å². The first-order valence-corrected chi connectivity index (χ1v) is 9.12. The van der Waals surface area contributed by atoms with Gasteiger partial charge < -0.3 is 15.0 Å².